The molecule has 2 nitrogen and oxygen atoms in total. The van der Waals surface area contributed by atoms with E-state index in [0.717, 1.165) is 5.56 Å². The Bertz CT molecular complexity index is 292. The zero-order chi connectivity index (χ0) is 9.90. The molecule has 1 amide bonds. The van der Waals surface area contributed by atoms with Crippen molar-refractivity contribution in [3.8, 4) is 0 Å². The number of rotatable bonds is 3. The second-order valence-corrected chi connectivity index (χ2v) is 3.83. The third-order valence-electron chi connectivity index (χ3n) is 1.99. The van der Waals surface area contributed by atoms with Crippen molar-refractivity contribution in [2.24, 2.45) is 0 Å². The molecule has 0 aromatic heterocycles. The van der Waals surface area contributed by atoms with Crippen LogP contribution >= 0.6 is 11.6 Å². The van der Waals surface area contributed by atoms with Crippen molar-refractivity contribution >= 4 is 18.0 Å². The number of halogens is 1. The van der Waals surface area contributed by atoms with E-state index in [0.29, 0.717) is 11.4 Å². The lowest BCUT2D eigenvalue weighted by molar-refractivity contribution is -0.111. The molecule has 0 saturated carbocycles. The first-order chi connectivity index (χ1) is 6.06. The molecule has 3 heteroatoms. The Balaban J connectivity index is 2.93. The van der Waals surface area contributed by atoms with Crippen molar-refractivity contribution in [2.75, 3.05) is 0 Å². The van der Waals surface area contributed by atoms with Gasteiger partial charge in [-0.2, -0.15) is 0 Å². The number of carbonyl (C=O) groups excluding carboxylic acids is 1. The second-order valence-electron chi connectivity index (χ2n) is 3.39. The monoisotopic (exact) mass is 197 g/mol. The average Bonchev–Trinajstić information content (AvgIpc) is 2.05. The summed E-state index contributed by atoms with van der Waals surface area (Å²) < 4.78 is 0. The Labute approximate surface area is 82.9 Å². The average molecular weight is 198 g/mol. The van der Waals surface area contributed by atoms with Crippen LogP contribution in [0.2, 0.25) is 5.02 Å². The SMILES string of the molecule is CC(C)(NC=O)c1ccc(Cl)cc1. The summed E-state index contributed by atoms with van der Waals surface area (Å²) in [5, 5.41) is 3.43. The van der Waals surface area contributed by atoms with Crippen molar-refractivity contribution in [1.29, 1.82) is 0 Å². The van der Waals surface area contributed by atoms with Gasteiger partial charge in [0.1, 0.15) is 0 Å². The van der Waals surface area contributed by atoms with Gasteiger partial charge in [-0.1, -0.05) is 23.7 Å². The molecule has 13 heavy (non-hydrogen) atoms. The van der Waals surface area contributed by atoms with Crippen molar-refractivity contribution < 1.29 is 4.79 Å². The molecule has 0 aliphatic carbocycles. The van der Waals surface area contributed by atoms with Gasteiger partial charge in [0.2, 0.25) is 6.41 Å². The maximum atomic E-state index is 10.3. The van der Waals surface area contributed by atoms with Crippen molar-refractivity contribution in [3.63, 3.8) is 0 Å². The van der Waals surface area contributed by atoms with E-state index in [9.17, 15) is 4.79 Å². The molecular weight excluding hydrogens is 186 g/mol. The molecule has 0 heterocycles. The van der Waals surface area contributed by atoms with Gasteiger partial charge in [-0.3, -0.25) is 4.79 Å². The van der Waals surface area contributed by atoms with Gasteiger partial charge in [0.05, 0.1) is 5.54 Å². The van der Waals surface area contributed by atoms with Gasteiger partial charge in [0.25, 0.3) is 0 Å². The van der Waals surface area contributed by atoms with Gasteiger partial charge in [-0.15, -0.1) is 0 Å². The molecule has 0 radical (unpaired) electrons. The molecule has 70 valence electrons. The Hall–Kier alpha value is -1.02. The van der Waals surface area contributed by atoms with Crippen LogP contribution in [0.15, 0.2) is 24.3 Å². The van der Waals surface area contributed by atoms with E-state index in [1.165, 1.54) is 0 Å². The van der Waals surface area contributed by atoms with Crippen molar-refractivity contribution in [2.45, 2.75) is 19.4 Å². The van der Waals surface area contributed by atoms with E-state index in [2.05, 4.69) is 5.32 Å². The van der Waals surface area contributed by atoms with E-state index in [1.54, 1.807) is 0 Å². The van der Waals surface area contributed by atoms with Gasteiger partial charge >= 0.3 is 0 Å². The first-order valence-electron chi connectivity index (χ1n) is 4.03. The highest BCUT2D eigenvalue weighted by Gasteiger charge is 2.18. The third kappa shape index (κ3) is 2.46. The van der Waals surface area contributed by atoms with Crippen molar-refractivity contribution in [1.82, 2.24) is 5.32 Å². The Morgan fingerprint density at radius 3 is 2.31 bits per heavy atom. The summed E-state index contributed by atoms with van der Waals surface area (Å²) in [5.41, 5.74) is 0.691. The molecule has 0 bridgehead atoms. The third-order valence-corrected chi connectivity index (χ3v) is 2.24. The highest BCUT2D eigenvalue weighted by atomic mass is 35.5. The fraction of sp³-hybridized carbons (Fsp3) is 0.300. The predicted octanol–water partition coefficient (Wildman–Crippen LogP) is 2.32. The summed E-state index contributed by atoms with van der Waals surface area (Å²) in [6.07, 6.45) is 0.703. The Morgan fingerprint density at radius 2 is 1.85 bits per heavy atom. The smallest absolute Gasteiger partial charge is 0.207 e. The van der Waals surface area contributed by atoms with Crippen LogP contribution in [0.25, 0.3) is 0 Å². The number of nitrogens with one attached hydrogen (secondary N) is 1. The van der Waals surface area contributed by atoms with Gasteiger partial charge in [-0.05, 0) is 31.5 Å². The van der Waals surface area contributed by atoms with Crippen LogP contribution in [0.1, 0.15) is 19.4 Å². The summed E-state index contributed by atoms with van der Waals surface area (Å²) >= 11 is 5.75. The Kier molecular flexibility index (Phi) is 2.94. The summed E-state index contributed by atoms with van der Waals surface area (Å²) in [6, 6.07) is 7.42. The molecule has 0 spiro atoms. The maximum absolute atomic E-state index is 10.3. The van der Waals surface area contributed by atoms with E-state index in [4.69, 9.17) is 11.6 Å². The van der Waals surface area contributed by atoms with Crippen LogP contribution in [-0.2, 0) is 10.3 Å². The van der Waals surface area contributed by atoms with Crippen LogP contribution in [0.3, 0.4) is 0 Å². The molecule has 0 unspecified atom stereocenters. The van der Waals surface area contributed by atoms with E-state index < -0.39 is 0 Å². The van der Waals surface area contributed by atoms with Crippen molar-refractivity contribution in [3.05, 3.63) is 34.9 Å². The fourth-order valence-electron chi connectivity index (χ4n) is 1.10. The molecule has 1 aromatic carbocycles. The maximum Gasteiger partial charge on any atom is 0.207 e. The van der Waals surface area contributed by atoms with Crippen LogP contribution in [0.5, 0.6) is 0 Å². The minimum atomic E-state index is -0.341. The van der Waals surface area contributed by atoms with Crippen LogP contribution in [-0.4, -0.2) is 6.41 Å². The molecule has 0 aliphatic rings. The second kappa shape index (κ2) is 3.79. The lowest BCUT2D eigenvalue weighted by Gasteiger charge is -2.24. The summed E-state index contributed by atoms with van der Waals surface area (Å²) in [4.78, 5) is 10.3. The van der Waals surface area contributed by atoms with Crippen LogP contribution < -0.4 is 5.32 Å². The minimum Gasteiger partial charge on any atom is -0.350 e. The largest absolute Gasteiger partial charge is 0.350 e. The molecule has 1 aromatic rings. The molecule has 0 saturated heterocycles. The number of amides is 1. The fourth-order valence-corrected chi connectivity index (χ4v) is 1.22. The minimum absolute atomic E-state index is 0.341. The quantitative estimate of drug-likeness (QED) is 0.741. The van der Waals surface area contributed by atoms with Gasteiger partial charge in [-0.25, -0.2) is 0 Å². The molecule has 0 atom stereocenters. The Morgan fingerprint density at radius 1 is 1.31 bits per heavy atom. The lowest BCUT2D eigenvalue weighted by atomic mass is 9.95. The summed E-state index contributed by atoms with van der Waals surface area (Å²) in [6.45, 7) is 3.87. The van der Waals surface area contributed by atoms with Gasteiger partial charge < -0.3 is 5.32 Å². The molecule has 0 fully saturated rings. The zero-order valence-corrected chi connectivity index (χ0v) is 8.43. The number of hydrogen-bond donors (Lipinski definition) is 1. The topological polar surface area (TPSA) is 29.1 Å². The highest BCUT2D eigenvalue weighted by molar-refractivity contribution is 6.30. The van der Waals surface area contributed by atoms with Gasteiger partial charge in [0.15, 0.2) is 0 Å². The number of hydrogen-bond acceptors (Lipinski definition) is 1. The molecule has 1 rings (SSSR count). The zero-order valence-electron chi connectivity index (χ0n) is 7.67. The predicted molar refractivity (Wildman–Crippen MR) is 53.7 cm³/mol. The highest BCUT2D eigenvalue weighted by Crippen LogP contribution is 2.20. The number of benzene rings is 1. The van der Waals surface area contributed by atoms with E-state index in [-0.39, 0.29) is 5.54 Å². The standard InChI is InChI=1S/C10H12ClNO/c1-10(2,12-7-13)8-3-5-9(11)6-4-8/h3-7H,1-2H3,(H,12,13). The lowest BCUT2D eigenvalue weighted by Crippen LogP contribution is -2.35. The van der Waals surface area contributed by atoms with E-state index >= 15 is 0 Å². The van der Waals surface area contributed by atoms with Gasteiger partial charge in [0, 0.05) is 5.02 Å². The summed E-state index contributed by atoms with van der Waals surface area (Å²) in [7, 11) is 0. The van der Waals surface area contributed by atoms with Crippen LogP contribution in [0, 0.1) is 0 Å². The van der Waals surface area contributed by atoms with E-state index in [1.807, 2.05) is 38.1 Å². The first kappa shape index (κ1) is 10.1. The molecule has 1 N–H and O–H groups in total. The number of carbonyl (C=O) groups is 1. The van der Waals surface area contributed by atoms with Crippen LogP contribution in [0.4, 0.5) is 0 Å². The molecular formula is C10H12ClNO. The molecule has 0 aliphatic heterocycles. The summed E-state index contributed by atoms with van der Waals surface area (Å²) in [5.74, 6) is 0. The first-order valence-corrected chi connectivity index (χ1v) is 4.41. The normalized spacial score (nSPS) is 11.0.